The Bertz CT molecular complexity index is 868. The van der Waals surface area contributed by atoms with E-state index >= 15 is 0 Å². The lowest BCUT2D eigenvalue weighted by Crippen LogP contribution is -2.21. The van der Waals surface area contributed by atoms with Crippen molar-refractivity contribution in [2.24, 2.45) is 0 Å². The lowest BCUT2D eigenvalue weighted by Gasteiger charge is -2.08. The summed E-state index contributed by atoms with van der Waals surface area (Å²) >= 11 is 7.21. The summed E-state index contributed by atoms with van der Waals surface area (Å²) in [7, 11) is 0. The van der Waals surface area contributed by atoms with Crippen LogP contribution in [0.2, 0.25) is 5.02 Å². The molecule has 0 radical (unpaired) electrons. The zero-order valence-electron chi connectivity index (χ0n) is 11.2. The van der Waals surface area contributed by atoms with Crippen LogP contribution in [-0.2, 0) is 0 Å². The van der Waals surface area contributed by atoms with Crippen molar-refractivity contribution in [2.75, 3.05) is 0 Å². The second-order valence-corrected chi connectivity index (χ2v) is 5.87. The fourth-order valence-electron chi connectivity index (χ4n) is 1.89. The van der Waals surface area contributed by atoms with E-state index in [0.29, 0.717) is 15.5 Å². The van der Waals surface area contributed by atoms with E-state index in [9.17, 15) is 9.18 Å². The molecular formula is C16H10ClFN2OS. The number of hydrogen-bond donors (Lipinski definition) is 0. The molecule has 0 fully saturated rings. The highest BCUT2D eigenvalue weighted by Crippen LogP contribution is 2.32. The van der Waals surface area contributed by atoms with Gasteiger partial charge < -0.3 is 0 Å². The highest BCUT2D eigenvalue weighted by atomic mass is 35.5. The molecule has 3 aromatic rings. The van der Waals surface area contributed by atoms with Gasteiger partial charge in [-0.2, -0.15) is 9.78 Å². The van der Waals surface area contributed by atoms with E-state index in [1.54, 1.807) is 42.5 Å². The molecule has 2 aromatic carbocycles. The van der Waals surface area contributed by atoms with Crippen molar-refractivity contribution in [3.8, 4) is 5.69 Å². The van der Waals surface area contributed by atoms with Crippen molar-refractivity contribution in [1.29, 1.82) is 0 Å². The van der Waals surface area contributed by atoms with Crippen LogP contribution in [0.25, 0.3) is 5.69 Å². The van der Waals surface area contributed by atoms with Crippen LogP contribution in [0.1, 0.15) is 0 Å². The van der Waals surface area contributed by atoms with Crippen LogP contribution >= 0.6 is 23.4 Å². The Morgan fingerprint density at radius 1 is 1.00 bits per heavy atom. The fraction of sp³-hybridized carbons (Fsp3) is 0. The van der Waals surface area contributed by atoms with Gasteiger partial charge in [-0.1, -0.05) is 53.7 Å². The Hall–Kier alpha value is -2.11. The van der Waals surface area contributed by atoms with Gasteiger partial charge >= 0.3 is 0 Å². The maximum Gasteiger partial charge on any atom is 0.291 e. The summed E-state index contributed by atoms with van der Waals surface area (Å²) in [6.45, 7) is 0. The first-order valence-corrected chi connectivity index (χ1v) is 7.62. The largest absolute Gasteiger partial charge is 0.291 e. The van der Waals surface area contributed by atoms with Crippen molar-refractivity contribution in [3.63, 3.8) is 0 Å². The topological polar surface area (TPSA) is 34.9 Å². The Morgan fingerprint density at radius 2 is 1.68 bits per heavy atom. The van der Waals surface area contributed by atoms with Crippen LogP contribution in [0.3, 0.4) is 0 Å². The third kappa shape index (κ3) is 2.91. The molecule has 0 aliphatic rings. The fourth-order valence-corrected chi connectivity index (χ4v) is 2.96. The van der Waals surface area contributed by atoms with Crippen molar-refractivity contribution in [2.45, 2.75) is 9.79 Å². The first kappa shape index (κ1) is 14.8. The first-order valence-electron chi connectivity index (χ1n) is 6.42. The minimum atomic E-state index is -0.436. The molecule has 110 valence electrons. The summed E-state index contributed by atoms with van der Waals surface area (Å²) in [5, 5.41) is 4.13. The van der Waals surface area contributed by atoms with Gasteiger partial charge in [0.2, 0.25) is 0 Å². The molecule has 3 nitrogen and oxygen atoms in total. The molecular weight excluding hydrogens is 323 g/mol. The van der Waals surface area contributed by atoms with E-state index in [1.165, 1.54) is 16.9 Å². The Kier molecular flexibility index (Phi) is 4.27. The monoisotopic (exact) mass is 332 g/mol. The van der Waals surface area contributed by atoms with E-state index in [-0.39, 0.29) is 10.8 Å². The minimum Gasteiger partial charge on any atom is -0.266 e. The number of hydrogen-bond acceptors (Lipinski definition) is 3. The molecule has 0 saturated heterocycles. The van der Waals surface area contributed by atoms with Gasteiger partial charge in [0.05, 0.1) is 16.8 Å². The highest BCUT2D eigenvalue weighted by Gasteiger charge is 2.13. The summed E-state index contributed by atoms with van der Waals surface area (Å²) in [5.41, 5.74) is 0.186. The van der Waals surface area contributed by atoms with Gasteiger partial charge in [-0.3, -0.25) is 4.79 Å². The van der Waals surface area contributed by atoms with Crippen molar-refractivity contribution in [3.05, 3.63) is 82.0 Å². The molecule has 0 spiro atoms. The van der Waals surface area contributed by atoms with Crippen LogP contribution in [-0.4, -0.2) is 9.78 Å². The van der Waals surface area contributed by atoms with Gasteiger partial charge in [0, 0.05) is 4.90 Å². The smallest absolute Gasteiger partial charge is 0.266 e. The third-order valence-corrected chi connectivity index (χ3v) is 4.50. The number of nitrogens with zero attached hydrogens (tertiary/aromatic N) is 2. The number of rotatable bonds is 3. The zero-order valence-corrected chi connectivity index (χ0v) is 12.8. The predicted octanol–water partition coefficient (Wildman–Crippen LogP) is 4.18. The lowest BCUT2D eigenvalue weighted by molar-refractivity contribution is 0.602. The number of benzene rings is 2. The zero-order chi connectivity index (χ0) is 15.5. The van der Waals surface area contributed by atoms with E-state index in [0.717, 1.165) is 11.8 Å². The van der Waals surface area contributed by atoms with Crippen LogP contribution in [0.4, 0.5) is 4.39 Å². The second kappa shape index (κ2) is 6.34. The summed E-state index contributed by atoms with van der Waals surface area (Å²) in [5.74, 6) is -0.365. The summed E-state index contributed by atoms with van der Waals surface area (Å²) in [4.78, 5) is 13.1. The molecule has 0 aliphatic heterocycles. The quantitative estimate of drug-likeness (QED) is 0.721. The Morgan fingerprint density at radius 3 is 2.41 bits per heavy atom. The lowest BCUT2D eigenvalue weighted by atomic mass is 10.3. The average Bonchev–Trinajstić information content (AvgIpc) is 2.55. The number of aromatic nitrogens is 2. The predicted molar refractivity (Wildman–Crippen MR) is 85.4 cm³/mol. The SMILES string of the molecule is O=c1c(Cl)c(Sc2ccccc2F)cnn1-c1ccccc1. The molecule has 3 rings (SSSR count). The second-order valence-electron chi connectivity index (χ2n) is 4.41. The molecule has 0 N–H and O–H groups in total. The minimum absolute atomic E-state index is 0.0205. The van der Waals surface area contributed by atoms with E-state index in [2.05, 4.69) is 5.10 Å². The van der Waals surface area contributed by atoms with E-state index in [4.69, 9.17) is 11.6 Å². The van der Waals surface area contributed by atoms with E-state index < -0.39 is 5.56 Å². The number of para-hydroxylation sites is 1. The van der Waals surface area contributed by atoms with Crippen molar-refractivity contribution >= 4 is 23.4 Å². The maximum atomic E-state index is 13.7. The molecule has 0 atom stereocenters. The van der Waals surface area contributed by atoms with Gasteiger partial charge in [0.15, 0.2) is 0 Å². The standard InChI is InChI=1S/C16H10ClFN2OS/c17-15-14(22-13-9-5-4-8-12(13)18)10-19-20(16(15)21)11-6-2-1-3-7-11/h1-10H. The van der Waals surface area contributed by atoms with Gasteiger partial charge in [-0.15, -0.1) is 0 Å². The van der Waals surface area contributed by atoms with Gasteiger partial charge in [-0.05, 0) is 24.3 Å². The van der Waals surface area contributed by atoms with Crippen LogP contribution < -0.4 is 5.56 Å². The summed E-state index contributed by atoms with van der Waals surface area (Å²) < 4.78 is 14.9. The third-order valence-electron chi connectivity index (χ3n) is 2.94. The summed E-state index contributed by atoms with van der Waals surface area (Å²) in [6.07, 6.45) is 1.47. The van der Waals surface area contributed by atoms with Gasteiger partial charge in [0.1, 0.15) is 10.8 Å². The summed E-state index contributed by atoms with van der Waals surface area (Å²) in [6, 6.07) is 15.3. The van der Waals surface area contributed by atoms with Crippen LogP contribution in [0.15, 0.2) is 75.4 Å². The first-order chi connectivity index (χ1) is 10.7. The van der Waals surface area contributed by atoms with E-state index in [1.807, 2.05) is 6.07 Å². The van der Waals surface area contributed by atoms with Crippen LogP contribution in [0, 0.1) is 5.82 Å². The normalized spacial score (nSPS) is 10.6. The highest BCUT2D eigenvalue weighted by molar-refractivity contribution is 7.99. The molecule has 0 unspecified atom stereocenters. The molecule has 0 bridgehead atoms. The Balaban J connectivity index is 2.01. The number of halogens is 2. The van der Waals surface area contributed by atoms with Crippen LogP contribution in [0.5, 0.6) is 0 Å². The Labute approximate surface area is 135 Å². The molecule has 6 heteroatoms. The molecule has 0 aliphatic carbocycles. The molecule has 0 amide bonds. The molecule has 1 aromatic heterocycles. The average molecular weight is 333 g/mol. The van der Waals surface area contributed by atoms with Gasteiger partial charge in [-0.25, -0.2) is 4.39 Å². The van der Waals surface area contributed by atoms with Crippen molar-refractivity contribution in [1.82, 2.24) is 9.78 Å². The molecule has 22 heavy (non-hydrogen) atoms. The molecule has 1 heterocycles. The maximum absolute atomic E-state index is 13.7. The molecule has 0 saturated carbocycles. The van der Waals surface area contributed by atoms with Crippen molar-refractivity contribution < 1.29 is 4.39 Å². The van der Waals surface area contributed by atoms with Gasteiger partial charge in [0.25, 0.3) is 5.56 Å².